The number of benzene rings is 3. The van der Waals surface area contributed by atoms with Crippen LogP contribution in [0.2, 0.25) is 5.02 Å². The minimum absolute atomic E-state index is 0.0183. The summed E-state index contributed by atoms with van der Waals surface area (Å²) in [7, 11) is 0. The first-order valence-corrected chi connectivity index (χ1v) is 10.6. The third-order valence-electron chi connectivity index (χ3n) is 5.11. The van der Waals surface area contributed by atoms with Gasteiger partial charge in [-0.05, 0) is 59.9 Å². The van der Waals surface area contributed by atoms with E-state index < -0.39 is 12.1 Å². The van der Waals surface area contributed by atoms with E-state index in [0.717, 1.165) is 16.9 Å². The van der Waals surface area contributed by atoms with Gasteiger partial charge in [-0.2, -0.15) is 0 Å². The predicted molar refractivity (Wildman–Crippen MR) is 123 cm³/mol. The highest BCUT2D eigenvalue weighted by atomic mass is 35.5. The van der Waals surface area contributed by atoms with Crippen molar-refractivity contribution < 1.29 is 19.7 Å². The molecule has 164 valence electrons. The Morgan fingerprint density at radius 1 is 0.935 bits per heavy atom. The van der Waals surface area contributed by atoms with Gasteiger partial charge >= 0.3 is 0 Å². The van der Waals surface area contributed by atoms with E-state index in [2.05, 4.69) is 0 Å². The Labute approximate surface area is 188 Å². The number of halogens is 1. The van der Waals surface area contributed by atoms with Crippen LogP contribution in [0.25, 0.3) is 0 Å². The van der Waals surface area contributed by atoms with Crippen molar-refractivity contribution in [3.05, 3.63) is 88.9 Å². The maximum absolute atomic E-state index is 10.1. The van der Waals surface area contributed by atoms with E-state index in [0.29, 0.717) is 29.5 Å². The Morgan fingerprint density at radius 3 is 2.23 bits per heavy atom. The highest BCUT2D eigenvalue weighted by Gasteiger charge is 2.20. The van der Waals surface area contributed by atoms with Gasteiger partial charge in [-0.1, -0.05) is 54.9 Å². The summed E-state index contributed by atoms with van der Waals surface area (Å²) >= 11 is 6.45. The Balaban J connectivity index is 1.58. The Bertz CT molecular complexity index is 949. The Kier molecular flexibility index (Phi) is 8.32. The summed E-state index contributed by atoms with van der Waals surface area (Å²) < 4.78 is 11.7. The van der Waals surface area contributed by atoms with E-state index in [1.54, 1.807) is 6.07 Å². The third-order valence-corrected chi connectivity index (χ3v) is 5.44. The van der Waals surface area contributed by atoms with Gasteiger partial charge in [0.15, 0.2) is 0 Å². The van der Waals surface area contributed by atoms with Gasteiger partial charge in [-0.3, -0.25) is 0 Å². The van der Waals surface area contributed by atoms with Crippen molar-refractivity contribution in [2.45, 2.75) is 38.0 Å². The molecule has 3 aromatic rings. The van der Waals surface area contributed by atoms with Crippen molar-refractivity contribution in [1.82, 2.24) is 0 Å². The Morgan fingerprint density at radius 2 is 1.58 bits per heavy atom. The van der Waals surface area contributed by atoms with E-state index in [1.807, 2.05) is 73.7 Å². The van der Waals surface area contributed by atoms with Crippen LogP contribution >= 0.6 is 11.6 Å². The number of hydrogen-bond donors (Lipinski definition) is 3. The second kappa shape index (κ2) is 11.2. The van der Waals surface area contributed by atoms with Gasteiger partial charge in [0.25, 0.3) is 0 Å². The number of aliphatic hydroxyl groups is 2. The van der Waals surface area contributed by atoms with Crippen LogP contribution in [0.1, 0.15) is 30.4 Å². The molecule has 0 bridgehead atoms. The molecule has 0 aliphatic rings. The molecule has 0 aliphatic carbocycles. The van der Waals surface area contributed by atoms with Crippen LogP contribution in [0.15, 0.2) is 72.8 Å². The number of aliphatic hydroxyl groups excluding tert-OH is 2. The van der Waals surface area contributed by atoms with Crippen molar-refractivity contribution in [2.75, 3.05) is 6.61 Å². The lowest BCUT2D eigenvalue weighted by atomic mass is 9.92. The topological polar surface area (TPSA) is 84.9 Å². The van der Waals surface area contributed by atoms with Crippen molar-refractivity contribution in [2.24, 2.45) is 5.73 Å². The van der Waals surface area contributed by atoms with Gasteiger partial charge in [0.2, 0.25) is 0 Å². The summed E-state index contributed by atoms with van der Waals surface area (Å²) in [6, 6.07) is 22.2. The molecule has 3 atom stereocenters. The molecule has 0 amide bonds. The minimum atomic E-state index is -0.797. The van der Waals surface area contributed by atoms with Crippen molar-refractivity contribution in [3.63, 3.8) is 0 Å². The van der Waals surface area contributed by atoms with Crippen LogP contribution in [0.3, 0.4) is 0 Å². The fourth-order valence-electron chi connectivity index (χ4n) is 3.24. The summed E-state index contributed by atoms with van der Waals surface area (Å²) in [5.74, 6) is 2.04. The molecule has 0 radical (unpaired) electrons. The molecule has 4 N–H and O–H groups in total. The highest BCUT2D eigenvalue weighted by molar-refractivity contribution is 6.31. The molecule has 0 spiro atoms. The summed E-state index contributed by atoms with van der Waals surface area (Å²) in [5.41, 5.74) is 7.69. The lowest BCUT2D eigenvalue weighted by Crippen LogP contribution is -2.38. The molecule has 3 aromatic carbocycles. The first kappa shape index (κ1) is 23.1. The molecular weight excluding hydrogens is 414 g/mol. The maximum Gasteiger partial charge on any atom is 0.128 e. The van der Waals surface area contributed by atoms with Gasteiger partial charge in [0.1, 0.15) is 23.9 Å². The van der Waals surface area contributed by atoms with Gasteiger partial charge in [-0.15, -0.1) is 0 Å². The number of nitrogens with two attached hydrogens (primary N) is 1. The first-order chi connectivity index (χ1) is 15.0. The third kappa shape index (κ3) is 6.71. The van der Waals surface area contributed by atoms with E-state index in [1.165, 1.54) is 0 Å². The average Bonchev–Trinajstić information content (AvgIpc) is 2.78. The predicted octanol–water partition coefficient (Wildman–Crippen LogP) is 4.89. The second-order valence-corrected chi connectivity index (χ2v) is 7.99. The molecule has 0 saturated carbocycles. The normalized spacial score (nSPS) is 14.0. The zero-order chi connectivity index (χ0) is 22.2. The van der Waals surface area contributed by atoms with E-state index in [-0.39, 0.29) is 12.5 Å². The van der Waals surface area contributed by atoms with Gasteiger partial charge < -0.3 is 25.4 Å². The fourth-order valence-corrected chi connectivity index (χ4v) is 3.59. The number of ether oxygens (including phenoxy) is 2. The molecule has 0 aliphatic heterocycles. The lowest BCUT2D eigenvalue weighted by molar-refractivity contribution is 0.0965. The monoisotopic (exact) mass is 441 g/mol. The molecule has 0 heterocycles. The molecule has 3 rings (SSSR count). The summed E-state index contributed by atoms with van der Waals surface area (Å²) in [6.45, 7) is 2.21. The molecule has 31 heavy (non-hydrogen) atoms. The van der Waals surface area contributed by atoms with Crippen molar-refractivity contribution >= 4 is 11.6 Å². The zero-order valence-corrected chi connectivity index (χ0v) is 18.2. The summed E-state index contributed by atoms with van der Waals surface area (Å²) in [6.07, 6.45) is -0.388. The summed E-state index contributed by atoms with van der Waals surface area (Å²) in [4.78, 5) is 0. The molecular formula is C25H28ClNO4. The van der Waals surface area contributed by atoms with E-state index in [9.17, 15) is 5.11 Å². The maximum atomic E-state index is 10.1. The lowest BCUT2D eigenvalue weighted by Gasteiger charge is -2.21. The van der Waals surface area contributed by atoms with Crippen LogP contribution in [0.4, 0.5) is 0 Å². The minimum Gasteiger partial charge on any atom is -0.489 e. The average molecular weight is 442 g/mol. The van der Waals surface area contributed by atoms with Crippen molar-refractivity contribution in [3.8, 4) is 17.2 Å². The van der Waals surface area contributed by atoms with Crippen LogP contribution in [0, 0.1) is 0 Å². The smallest absolute Gasteiger partial charge is 0.128 e. The molecule has 0 fully saturated rings. The van der Waals surface area contributed by atoms with Crippen LogP contribution in [-0.4, -0.2) is 29.0 Å². The highest BCUT2D eigenvalue weighted by Crippen LogP contribution is 2.33. The zero-order valence-electron chi connectivity index (χ0n) is 17.4. The van der Waals surface area contributed by atoms with Crippen molar-refractivity contribution in [1.29, 1.82) is 0 Å². The standard InChI is InChI=1S/C25H28ClNO4/c1-17(13-25(29)24(27)15-28)22-12-11-21(14-23(22)26)31-20-9-7-19(8-10-20)30-16-18-5-3-2-4-6-18/h2-12,14,17,24-25,28-29H,13,15-16,27H2,1H3. The molecule has 5 nitrogen and oxygen atoms in total. The number of hydrogen-bond acceptors (Lipinski definition) is 5. The molecule has 0 aromatic heterocycles. The first-order valence-electron chi connectivity index (χ1n) is 10.2. The Hall–Kier alpha value is -2.57. The van der Waals surface area contributed by atoms with Gasteiger partial charge in [0, 0.05) is 5.02 Å². The van der Waals surface area contributed by atoms with E-state index >= 15 is 0 Å². The summed E-state index contributed by atoms with van der Waals surface area (Å²) in [5, 5.41) is 19.7. The second-order valence-electron chi connectivity index (χ2n) is 7.58. The molecule has 3 unspecified atom stereocenters. The SMILES string of the molecule is CC(CC(O)C(N)CO)c1ccc(Oc2ccc(OCc3ccccc3)cc2)cc1Cl. The van der Waals surface area contributed by atoms with E-state index in [4.69, 9.17) is 31.9 Å². The molecule has 0 saturated heterocycles. The largest absolute Gasteiger partial charge is 0.489 e. The quantitative estimate of drug-likeness (QED) is 0.417. The fraction of sp³-hybridized carbons (Fsp3) is 0.280. The van der Waals surface area contributed by atoms with Gasteiger partial charge in [0.05, 0.1) is 18.8 Å². The number of rotatable bonds is 10. The van der Waals surface area contributed by atoms with Gasteiger partial charge in [-0.25, -0.2) is 0 Å². The molecule has 6 heteroatoms. The van der Waals surface area contributed by atoms with Crippen LogP contribution in [-0.2, 0) is 6.61 Å². The van der Waals surface area contributed by atoms with Crippen LogP contribution in [0.5, 0.6) is 17.2 Å². The van der Waals surface area contributed by atoms with Crippen LogP contribution < -0.4 is 15.2 Å².